The van der Waals surface area contributed by atoms with E-state index >= 15 is 0 Å². The zero-order valence-corrected chi connectivity index (χ0v) is 13.0. The van der Waals surface area contributed by atoms with Gasteiger partial charge in [0.1, 0.15) is 0 Å². The van der Waals surface area contributed by atoms with Crippen LogP contribution in [-0.2, 0) is 11.2 Å². The molecule has 0 unspecified atom stereocenters. The largest absolute Gasteiger partial charge is 0.481 e. The van der Waals surface area contributed by atoms with Crippen molar-refractivity contribution in [3.8, 4) is 0 Å². The number of hydrogen-bond acceptors (Lipinski definition) is 2. The van der Waals surface area contributed by atoms with Crippen molar-refractivity contribution in [2.75, 3.05) is 5.32 Å². The first-order chi connectivity index (χ1) is 9.95. The average molecular weight is 348 g/mol. The van der Waals surface area contributed by atoms with Crippen LogP contribution in [0.5, 0.6) is 0 Å². The number of carboxylic acids is 1. The highest BCUT2D eigenvalue weighted by Gasteiger charge is 2.10. The molecule has 4 nitrogen and oxygen atoms in total. The molecule has 0 aromatic heterocycles. The second-order valence-electron chi connectivity index (χ2n) is 4.70. The molecule has 0 spiro atoms. The highest BCUT2D eigenvalue weighted by molar-refractivity contribution is 9.10. The van der Waals surface area contributed by atoms with E-state index in [-0.39, 0.29) is 12.3 Å². The maximum absolute atomic E-state index is 12.2. The summed E-state index contributed by atoms with van der Waals surface area (Å²) in [6.07, 6.45) is -0.0300. The number of aliphatic carboxylic acids is 1. The second kappa shape index (κ2) is 6.54. The lowest BCUT2D eigenvalue weighted by Crippen LogP contribution is -2.12. The van der Waals surface area contributed by atoms with E-state index in [4.69, 9.17) is 5.11 Å². The lowest BCUT2D eigenvalue weighted by molar-refractivity contribution is -0.136. The molecule has 2 aromatic carbocycles. The first kappa shape index (κ1) is 15.3. The smallest absolute Gasteiger partial charge is 0.307 e. The fourth-order valence-corrected chi connectivity index (χ4v) is 2.56. The van der Waals surface area contributed by atoms with Crippen LogP contribution in [0.15, 0.2) is 46.9 Å². The molecule has 0 aliphatic carbocycles. The van der Waals surface area contributed by atoms with Gasteiger partial charge < -0.3 is 10.4 Å². The van der Waals surface area contributed by atoms with Crippen LogP contribution in [0.3, 0.4) is 0 Å². The number of carbonyl (C=O) groups excluding carboxylic acids is 1. The number of hydrogen-bond donors (Lipinski definition) is 2. The standard InChI is InChI=1S/C16H14BrNO3/c1-10-2-7-13(14(17)8-10)16(21)18-12-5-3-11(4-6-12)9-15(19)20/h2-8H,9H2,1H3,(H,18,21)(H,19,20). The highest BCUT2D eigenvalue weighted by atomic mass is 79.9. The van der Waals surface area contributed by atoms with Crippen molar-refractivity contribution in [1.82, 2.24) is 0 Å². The van der Waals surface area contributed by atoms with Crippen molar-refractivity contribution < 1.29 is 14.7 Å². The Hall–Kier alpha value is -2.14. The number of nitrogens with one attached hydrogen (secondary N) is 1. The zero-order valence-electron chi connectivity index (χ0n) is 11.4. The number of carbonyl (C=O) groups is 2. The molecule has 5 heteroatoms. The Kier molecular flexibility index (Phi) is 4.75. The van der Waals surface area contributed by atoms with Gasteiger partial charge in [-0.1, -0.05) is 18.2 Å². The van der Waals surface area contributed by atoms with Crippen LogP contribution in [0, 0.1) is 6.92 Å². The molecule has 2 aromatic rings. The van der Waals surface area contributed by atoms with Gasteiger partial charge in [0.25, 0.3) is 5.91 Å². The maximum Gasteiger partial charge on any atom is 0.307 e. The summed E-state index contributed by atoms with van der Waals surface area (Å²) in [5.74, 6) is -1.09. The summed E-state index contributed by atoms with van der Waals surface area (Å²) in [4.78, 5) is 22.8. The van der Waals surface area contributed by atoms with Gasteiger partial charge in [0.05, 0.1) is 12.0 Å². The monoisotopic (exact) mass is 347 g/mol. The maximum atomic E-state index is 12.2. The fourth-order valence-electron chi connectivity index (χ4n) is 1.88. The Morgan fingerprint density at radius 2 is 1.81 bits per heavy atom. The van der Waals surface area contributed by atoms with E-state index in [1.807, 2.05) is 19.1 Å². The first-order valence-electron chi connectivity index (χ1n) is 6.34. The number of rotatable bonds is 4. The molecule has 1 amide bonds. The number of carboxylic acid groups (broad SMARTS) is 1. The summed E-state index contributed by atoms with van der Waals surface area (Å²) in [6.45, 7) is 1.95. The lowest BCUT2D eigenvalue weighted by Gasteiger charge is -2.08. The third kappa shape index (κ3) is 4.16. The molecule has 2 N–H and O–H groups in total. The van der Waals surface area contributed by atoms with E-state index < -0.39 is 5.97 Å². The summed E-state index contributed by atoms with van der Waals surface area (Å²) < 4.78 is 0.738. The van der Waals surface area contributed by atoms with Crippen molar-refractivity contribution in [3.05, 3.63) is 63.6 Å². The van der Waals surface area contributed by atoms with Gasteiger partial charge in [-0.05, 0) is 58.2 Å². The molecule has 0 bridgehead atoms. The van der Waals surface area contributed by atoms with Crippen LogP contribution in [0.1, 0.15) is 21.5 Å². The van der Waals surface area contributed by atoms with Crippen molar-refractivity contribution in [2.45, 2.75) is 13.3 Å². The van der Waals surface area contributed by atoms with Crippen LogP contribution in [0.2, 0.25) is 0 Å². The summed E-state index contributed by atoms with van der Waals surface area (Å²) in [5, 5.41) is 11.5. The normalized spacial score (nSPS) is 10.2. The molecule has 0 saturated heterocycles. The number of halogens is 1. The Bertz CT molecular complexity index is 680. The van der Waals surface area contributed by atoms with E-state index in [9.17, 15) is 9.59 Å². The molecular weight excluding hydrogens is 334 g/mol. The number of benzene rings is 2. The van der Waals surface area contributed by atoms with E-state index in [0.717, 1.165) is 10.0 Å². The Balaban J connectivity index is 2.10. The Morgan fingerprint density at radius 3 is 2.38 bits per heavy atom. The van der Waals surface area contributed by atoms with Gasteiger partial charge >= 0.3 is 5.97 Å². The topological polar surface area (TPSA) is 66.4 Å². The summed E-state index contributed by atoms with van der Waals surface area (Å²) in [5.41, 5.74) is 2.94. The number of aryl methyl sites for hydroxylation is 1. The van der Waals surface area contributed by atoms with Gasteiger partial charge in [-0.25, -0.2) is 0 Å². The van der Waals surface area contributed by atoms with Gasteiger partial charge in [0, 0.05) is 10.2 Å². The molecule has 0 atom stereocenters. The summed E-state index contributed by atoms with van der Waals surface area (Å²) in [7, 11) is 0. The molecule has 0 fully saturated rings. The molecule has 0 radical (unpaired) electrons. The average Bonchev–Trinajstić information content (AvgIpc) is 2.40. The van der Waals surface area contributed by atoms with Crippen molar-refractivity contribution in [3.63, 3.8) is 0 Å². The molecular formula is C16H14BrNO3. The SMILES string of the molecule is Cc1ccc(C(=O)Nc2ccc(CC(=O)O)cc2)c(Br)c1. The minimum atomic E-state index is -0.879. The van der Waals surface area contributed by atoms with Crippen molar-refractivity contribution in [2.24, 2.45) is 0 Å². The lowest BCUT2D eigenvalue weighted by atomic mass is 10.1. The van der Waals surface area contributed by atoms with Gasteiger partial charge in [-0.2, -0.15) is 0 Å². The van der Waals surface area contributed by atoms with Gasteiger partial charge in [0.2, 0.25) is 0 Å². The second-order valence-corrected chi connectivity index (χ2v) is 5.56. The van der Waals surface area contributed by atoms with Gasteiger partial charge in [0.15, 0.2) is 0 Å². The van der Waals surface area contributed by atoms with E-state index in [2.05, 4.69) is 21.2 Å². The van der Waals surface area contributed by atoms with Crippen LogP contribution < -0.4 is 5.32 Å². The van der Waals surface area contributed by atoms with Crippen LogP contribution >= 0.6 is 15.9 Å². The fraction of sp³-hybridized carbons (Fsp3) is 0.125. The van der Waals surface area contributed by atoms with Gasteiger partial charge in [-0.3, -0.25) is 9.59 Å². The third-order valence-electron chi connectivity index (χ3n) is 2.94. The van der Waals surface area contributed by atoms with Crippen molar-refractivity contribution in [1.29, 1.82) is 0 Å². The zero-order chi connectivity index (χ0) is 15.4. The minimum Gasteiger partial charge on any atom is -0.481 e. The third-order valence-corrected chi connectivity index (χ3v) is 3.59. The van der Waals surface area contributed by atoms with E-state index in [0.29, 0.717) is 16.8 Å². The Morgan fingerprint density at radius 1 is 1.14 bits per heavy atom. The highest BCUT2D eigenvalue weighted by Crippen LogP contribution is 2.20. The quantitative estimate of drug-likeness (QED) is 0.887. The molecule has 108 valence electrons. The molecule has 0 aliphatic rings. The molecule has 21 heavy (non-hydrogen) atoms. The molecule has 0 aliphatic heterocycles. The van der Waals surface area contributed by atoms with Gasteiger partial charge in [-0.15, -0.1) is 0 Å². The predicted octanol–water partition coefficient (Wildman–Crippen LogP) is 3.64. The number of amides is 1. The van der Waals surface area contributed by atoms with E-state index in [1.165, 1.54) is 0 Å². The first-order valence-corrected chi connectivity index (χ1v) is 7.13. The summed E-state index contributed by atoms with van der Waals surface area (Å²) >= 11 is 3.37. The van der Waals surface area contributed by atoms with Crippen LogP contribution in [-0.4, -0.2) is 17.0 Å². The van der Waals surface area contributed by atoms with E-state index in [1.54, 1.807) is 30.3 Å². The molecule has 0 heterocycles. The predicted molar refractivity (Wildman–Crippen MR) is 84.6 cm³/mol. The van der Waals surface area contributed by atoms with Crippen LogP contribution in [0.25, 0.3) is 0 Å². The summed E-state index contributed by atoms with van der Waals surface area (Å²) in [6, 6.07) is 12.3. The van der Waals surface area contributed by atoms with Crippen LogP contribution in [0.4, 0.5) is 5.69 Å². The Labute approximate surface area is 130 Å². The minimum absolute atomic E-state index is 0.0300. The molecule has 2 rings (SSSR count). The van der Waals surface area contributed by atoms with Crippen molar-refractivity contribution >= 4 is 33.5 Å². The number of anilines is 1. The molecule has 0 saturated carbocycles.